The third-order valence-electron chi connectivity index (χ3n) is 11.7. The topological polar surface area (TPSA) is 147 Å². The van der Waals surface area contributed by atoms with Crippen molar-refractivity contribution in [3.8, 4) is 0 Å². The summed E-state index contributed by atoms with van der Waals surface area (Å²) in [6.07, 6.45) is -1.24. The predicted octanol–water partition coefficient (Wildman–Crippen LogP) is 5.05. The molecule has 0 spiro atoms. The molecule has 13 heteroatoms. The summed E-state index contributed by atoms with van der Waals surface area (Å²) in [5.74, 6) is -3.80. The summed E-state index contributed by atoms with van der Waals surface area (Å²) in [6.45, 7) is 21.1. The Balaban J connectivity index is 1.87. The van der Waals surface area contributed by atoms with Crippen LogP contribution in [-0.2, 0) is 49.5 Å². The highest BCUT2D eigenvalue weighted by Gasteiger charge is 2.52. The Kier molecular flexibility index (Phi) is 15.0. The van der Waals surface area contributed by atoms with Gasteiger partial charge in [-0.15, -0.1) is 0 Å². The van der Waals surface area contributed by atoms with E-state index in [0.717, 1.165) is 17.6 Å². The number of aryl methyl sites for hydroxylation is 1. The molecule has 1 aromatic heterocycles. The van der Waals surface area contributed by atoms with E-state index in [1.807, 2.05) is 67.8 Å². The Morgan fingerprint density at radius 2 is 1.80 bits per heavy atom. The number of esters is 1. The fraction of sp³-hybridized carbons (Fsp3) is 0.756. The number of ether oxygens (including phenoxy) is 6. The molecule has 4 rings (SSSR count). The van der Waals surface area contributed by atoms with Crippen LogP contribution < -0.4 is 0 Å². The molecule has 3 aliphatic heterocycles. The van der Waals surface area contributed by atoms with Gasteiger partial charge in [0.1, 0.15) is 29.4 Å². The zero-order valence-electron chi connectivity index (χ0n) is 34.5. The average Bonchev–Trinajstić information content (AvgIpc) is 3.14. The fourth-order valence-electron chi connectivity index (χ4n) is 8.30. The quantitative estimate of drug-likeness (QED) is 0.164. The Bertz CT molecular complexity index is 1470. The molecule has 13 nitrogen and oxygen atoms in total. The van der Waals surface area contributed by atoms with Gasteiger partial charge in [0.25, 0.3) is 0 Å². The van der Waals surface area contributed by atoms with E-state index in [1.165, 1.54) is 6.92 Å². The molecule has 0 saturated carbocycles. The molecule has 1 N–H and O–H groups in total. The second kappa shape index (κ2) is 18.4. The second-order valence-corrected chi connectivity index (χ2v) is 16.4. The molecule has 1 unspecified atom stereocenters. The molecule has 2 bridgehead atoms. The summed E-state index contributed by atoms with van der Waals surface area (Å²) in [4.78, 5) is 40.6. The number of ketones is 1. The molecule has 3 aliphatic rings. The SMILES string of the molecule is C=C1[C@H](C)C[C@@]2(C)OC/C(=N/OCc3ccc(C)cn3)CO[C@H]([C@H]1C)[C@](C)(O)[C@@H](CC)OC(=O)C(C)C(=O)[C@H](C)[C@H]2O[C@@H]1O[C@H](C)C[C@H](N(C)C)[C@H]1OC. The van der Waals surface area contributed by atoms with Crippen molar-refractivity contribution in [2.24, 2.45) is 28.8 Å². The number of aliphatic hydroxyl groups is 1. The van der Waals surface area contributed by atoms with Gasteiger partial charge >= 0.3 is 5.97 Å². The zero-order chi connectivity index (χ0) is 40.1. The zero-order valence-corrected chi connectivity index (χ0v) is 34.5. The number of pyridine rings is 1. The highest BCUT2D eigenvalue weighted by atomic mass is 16.7. The number of methoxy groups -OCH3 is 1. The minimum Gasteiger partial charge on any atom is -0.459 e. The van der Waals surface area contributed by atoms with Gasteiger partial charge in [0, 0.05) is 31.2 Å². The Hall–Kier alpha value is -2.78. The molecule has 304 valence electrons. The molecular weight excluding hydrogens is 694 g/mol. The van der Waals surface area contributed by atoms with Crippen LogP contribution in [0.15, 0.2) is 35.6 Å². The van der Waals surface area contributed by atoms with Gasteiger partial charge in [-0.3, -0.25) is 14.6 Å². The van der Waals surface area contributed by atoms with Gasteiger partial charge in [0.2, 0.25) is 0 Å². The number of oxime groups is 1. The molecular formula is C41H65N3O10. The number of cyclic esters (lactones) is 1. The first-order valence-electron chi connectivity index (χ1n) is 19.3. The standard InChI is InChI=1S/C41H65N3O10/c1-14-33-41(10,47)37-27(6)26(5)24(3)18-40(9,50-21-31(20-49-37)43-51-22-30-16-15-23(2)19-42-30)36(28(7)34(45)29(8)38(46)53-33)54-39-35(48-13)32(44(11)12)17-25(4)52-39/h15-16,19,24-25,27-29,32-33,35-37,39,47H,5,14,17-18,20-22H2,1-4,6-13H3/b43-31+/t24-,25-,27+,28+,29?,32+,33-,35-,36-,37-,39+,40-,41-/m1/s1. The van der Waals surface area contributed by atoms with Crippen molar-refractivity contribution < 1.29 is 48.0 Å². The van der Waals surface area contributed by atoms with Crippen molar-refractivity contribution in [2.45, 2.75) is 142 Å². The number of likely N-dealkylation sites (N-methyl/N-ethyl adjacent to an activating group) is 1. The van der Waals surface area contributed by atoms with Crippen LogP contribution in [-0.4, -0.2) is 121 Å². The molecule has 0 aromatic carbocycles. The van der Waals surface area contributed by atoms with Crippen LogP contribution in [0.3, 0.4) is 0 Å². The lowest BCUT2D eigenvalue weighted by atomic mass is 9.73. The van der Waals surface area contributed by atoms with E-state index in [-0.39, 0.29) is 44.3 Å². The third-order valence-corrected chi connectivity index (χ3v) is 11.7. The molecule has 1 aromatic rings. The van der Waals surface area contributed by atoms with Gasteiger partial charge in [-0.2, -0.15) is 0 Å². The number of fused-ring (bicyclic) bond motifs is 5. The predicted molar refractivity (Wildman–Crippen MR) is 204 cm³/mol. The summed E-state index contributed by atoms with van der Waals surface area (Å²) < 4.78 is 38.9. The first-order valence-corrected chi connectivity index (χ1v) is 19.3. The van der Waals surface area contributed by atoms with Crippen LogP contribution in [0, 0.1) is 30.6 Å². The highest BCUT2D eigenvalue weighted by molar-refractivity contribution is 6.00. The summed E-state index contributed by atoms with van der Waals surface area (Å²) in [5, 5.41) is 16.7. The van der Waals surface area contributed by atoms with Gasteiger partial charge in [0.05, 0.1) is 42.8 Å². The number of rotatable bonds is 8. The van der Waals surface area contributed by atoms with Gasteiger partial charge in [-0.05, 0) is 85.5 Å². The number of carbonyl (C=O) groups is 2. The summed E-state index contributed by atoms with van der Waals surface area (Å²) in [5.41, 5.74) is 0.0515. The molecule has 0 aliphatic carbocycles. The number of hydrogen-bond donors (Lipinski definition) is 1. The van der Waals surface area contributed by atoms with Crippen LogP contribution in [0.25, 0.3) is 0 Å². The van der Waals surface area contributed by atoms with Crippen molar-refractivity contribution in [3.05, 3.63) is 41.7 Å². The molecule has 3 fully saturated rings. The largest absolute Gasteiger partial charge is 0.459 e. The lowest BCUT2D eigenvalue weighted by Gasteiger charge is -2.48. The number of nitrogens with zero attached hydrogens (tertiary/aromatic N) is 3. The van der Waals surface area contributed by atoms with Crippen LogP contribution in [0.5, 0.6) is 0 Å². The molecule has 4 heterocycles. The van der Waals surface area contributed by atoms with Gasteiger partial charge in [-0.1, -0.05) is 51.1 Å². The molecule has 13 atom stereocenters. The molecule has 54 heavy (non-hydrogen) atoms. The summed E-state index contributed by atoms with van der Waals surface area (Å²) in [7, 11) is 5.61. The molecule has 3 saturated heterocycles. The maximum atomic E-state index is 14.4. The van der Waals surface area contributed by atoms with Gasteiger partial charge < -0.3 is 43.3 Å². The van der Waals surface area contributed by atoms with Crippen LogP contribution >= 0.6 is 0 Å². The smallest absolute Gasteiger partial charge is 0.316 e. The lowest BCUT2D eigenvalue weighted by molar-refractivity contribution is -0.300. The highest BCUT2D eigenvalue weighted by Crippen LogP contribution is 2.42. The van der Waals surface area contributed by atoms with E-state index in [4.69, 9.17) is 33.3 Å². The van der Waals surface area contributed by atoms with E-state index in [2.05, 4.69) is 21.6 Å². The molecule has 0 amide bonds. The van der Waals surface area contributed by atoms with E-state index < -0.39 is 71.4 Å². The third kappa shape index (κ3) is 9.96. The monoisotopic (exact) mass is 759 g/mol. The van der Waals surface area contributed by atoms with Crippen LogP contribution in [0.4, 0.5) is 0 Å². The van der Waals surface area contributed by atoms with Crippen LogP contribution in [0.2, 0.25) is 0 Å². The van der Waals surface area contributed by atoms with Crippen LogP contribution in [0.1, 0.15) is 85.9 Å². The Labute approximate surface area is 322 Å². The van der Waals surface area contributed by atoms with Gasteiger partial charge in [0.15, 0.2) is 18.7 Å². The maximum Gasteiger partial charge on any atom is 0.316 e. The summed E-state index contributed by atoms with van der Waals surface area (Å²) >= 11 is 0. The average molecular weight is 760 g/mol. The van der Waals surface area contributed by atoms with Crippen molar-refractivity contribution in [1.82, 2.24) is 9.88 Å². The number of carbonyl (C=O) groups excluding carboxylic acids is 2. The first kappa shape index (κ1) is 43.9. The van der Waals surface area contributed by atoms with Gasteiger partial charge in [-0.25, -0.2) is 0 Å². The van der Waals surface area contributed by atoms with Crippen molar-refractivity contribution in [2.75, 3.05) is 34.4 Å². The number of aromatic nitrogens is 1. The van der Waals surface area contributed by atoms with Crippen molar-refractivity contribution >= 4 is 17.5 Å². The normalized spacial score (nSPS) is 39.8. The fourth-order valence-corrected chi connectivity index (χ4v) is 8.30. The summed E-state index contributed by atoms with van der Waals surface area (Å²) in [6, 6.07) is 3.79. The minimum absolute atomic E-state index is 0.0326. The number of Topliss-reactive ketones (excluding diaryl/α,β-unsaturated/α-hetero) is 1. The Morgan fingerprint density at radius 3 is 2.41 bits per heavy atom. The second-order valence-electron chi connectivity index (χ2n) is 16.4. The van der Waals surface area contributed by atoms with Crippen molar-refractivity contribution in [1.29, 1.82) is 0 Å². The maximum absolute atomic E-state index is 14.4. The van der Waals surface area contributed by atoms with E-state index in [9.17, 15) is 14.7 Å². The van der Waals surface area contributed by atoms with Crippen molar-refractivity contribution in [3.63, 3.8) is 0 Å². The minimum atomic E-state index is -1.68. The first-order chi connectivity index (χ1) is 25.3. The lowest BCUT2D eigenvalue weighted by Crippen LogP contribution is -2.60. The number of hydrogen-bond acceptors (Lipinski definition) is 13. The molecule has 0 radical (unpaired) electrons. The van der Waals surface area contributed by atoms with E-state index in [1.54, 1.807) is 27.2 Å². The van der Waals surface area contributed by atoms with E-state index >= 15 is 0 Å². The van der Waals surface area contributed by atoms with E-state index in [0.29, 0.717) is 17.8 Å². The Morgan fingerprint density at radius 1 is 1.09 bits per heavy atom.